The van der Waals surface area contributed by atoms with E-state index < -0.39 is 0 Å². The molecule has 29 heavy (non-hydrogen) atoms. The van der Waals surface area contributed by atoms with Gasteiger partial charge < -0.3 is 15.0 Å². The third kappa shape index (κ3) is 4.13. The van der Waals surface area contributed by atoms with Crippen molar-refractivity contribution in [3.05, 3.63) is 71.9 Å². The zero-order valence-electron chi connectivity index (χ0n) is 16.8. The molecule has 0 aliphatic carbocycles. The van der Waals surface area contributed by atoms with E-state index in [1.807, 2.05) is 44.2 Å². The van der Waals surface area contributed by atoms with Crippen molar-refractivity contribution in [3.63, 3.8) is 0 Å². The topological polar surface area (TPSA) is 76.5 Å². The minimum atomic E-state index is -0.381. The summed E-state index contributed by atoms with van der Waals surface area (Å²) in [5, 5.41) is 7.24. The largest absolute Gasteiger partial charge is 0.496 e. The van der Waals surface area contributed by atoms with Gasteiger partial charge in [-0.2, -0.15) is 5.10 Å². The average molecular weight is 392 g/mol. The molecule has 7 nitrogen and oxygen atoms in total. The third-order valence-corrected chi connectivity index (χ3v) is 4.63. The standard InChI is InChI=1S/C22H24N4O3/c1-4-25(5-2)22(28)18-15-23-26(16-11-7-6-8-12-16)20(18)24-21(27)17-13-9-10-14-19(17)29-3/h6-15H,4-5H2,1-3H3,(H,24,27). The number of methoxy groups -OCH3 is 1. The molecule has 0 saturated carbocycles. The van der Waals surface area contributed by atoms with Crippen LogP contribution in [-0.4, -0.2) is 46.7 Å². The number of carbonyl (C=O) groups is 2. The minimum absolute atomic E-state index is 0.187. The van der Waals surface area contributed by atoms with Gasteiger partial charge in [-0.05, 0) is 38.1 Å². The number of para-hydroxylation sites is 2. The van der Waals surface area contributed by atoms with Crippen LogP contribution in [0.3, 0.4) is 0 Å². The number of ether oxygens (including phenoxy) is 1. The second-order valence-corrected chi connectivity index (χ2v) is 6.29. The maximum atomic E-state index is 13.0. The van der Waals surface area contributed by atoms with Gasteiger partial charge in [0.25, 0.3) is 11.8 Å². The van der Waals surface area contributed by atoms with Crippen LogP contribution in [0.5, 0.6) is 5.75 Å². The van der Waals surface area contributed by atoms with Gasteiger partial charge in [-0.3, -0.25) is 9.59 Å². The normalized spacial score (nSPS) is 10.4. The number of hydrogen-bond acceptors (Lipinski definition) is 4. The predicted molar refractivity (Wildman–Crippen MR) is 112 cm³/mol. The Morgan fingerprint density at radius 3 is 2.31 bits per heavy atom. The van der Waals surface area contributed by atoms with Gasteiger partial charge in [-0.15, -0.1) is 0 Å². The Morgan fingerprint density at radius 2 is 1.66 bits per heavy atom. The van der Waals surface area contributed by atoms with Crippen LogP contribution in [0.1, 0.15) is 34.6 Å². The lowest BCUT2D eigenvalue weighted by Gasteiger charge is -2.19. The molecule has 2 amide bonds. The van der Waals surface area contributed by atoms with Crippen molar-refractivity contribution in [2.45, 2.75) is 13.8 Å². The molecule has 1 aromatic heterocycles. The molecule has 2 aromatic carbocycles. The lowest BCUT2D eigenvalue weighted by Crippen LogP contribution is -2.31. The molecule has 0 unspecified atom stereocenters. The number of carbonyl (C=O) groups excluding carboxylic acids is 2. The van der Waals surface area contributed by atoms with Gasteiger partial charge in [0.05, 0.1) is 24.6 Å². The molecule has 0 saturated heterocycles. The zero-order valence-corrected chi connectivity index (χ0v) is 16.8. The Bertz CT molecular complexity index is 994. The highest BCUT2D eigenvalue weighted by Crippen LogP contribution is 2.24. The number of hydrogen-bond donors (Lipinski definition) is 1. The second-order valence-electron chi connectivity index (χ2n) is 6.29. The van der Waals surface area contributed by atoms with Gasteiger partial charge in [0.15, 0.2) is 0 Å². The Morgan fingerprint density at radius 1 is 1.00 bits per heavy atom. The second kappa shape index (κ2) is 9.05. The lowest BCUT2D eigenvalue weighted by molar-refractivity contribution is 0.0774. The van der Waals surface area contributed by atoms with E-state index in [0.717, 1.165) is 5.69 Å². The summed E-state index contributed by atoms with van der Waals surface area (Å²) in [6.07, 6.45) is 1.49. The van der Waals surface area contributed by atoms with Crippen LogP contribution in [0.15, 0.2) is 60.8 Å². The number of aromatic nitrogens is 2. The molecule has 0 radical (unpaired) electrons. The summed E-state index contributed by atoms with van der Waals surface area (Å²) in [5.41, 5.74) is 1.44. The fraction of sp³-hybridized carbons (Fsp3) is 0.227. The van der Waals surface area contributed by atoms with Crippen LogP contribution in [0.4, 0.5) is 5.82 Å². The van der Waals surface area contributed by atoms with E-state index in [1.54, 1.807) is 33.8 Å². The van der Waals surface area contributed by atoms with Crippen LogP contribution in [0.25, 0.3) is 5.69 Å². The summed E-state index contributed by atoms with van der Waals surface area (Å²) >= 11 is 0. The first-order valence-electron chi connectivity index (χ1n) is 9.47. The van der Waals surface area contributed by atoms with Crippen molar-refractivity contribution in [2.24, 2.45) is 0 Å². The van der Waals surface area contributed by atoms with Gasteiger partial charge in [0, 0.05) is 13.1 Å². The Kier molecular flexibility index (Phi) is 6.29. The van der Waals surface area contributed by atoms with Crippen molar-refractivity contribution in [2.75, 3.05) is 25.5 Å². The van der Waals surface area contributed by atoms with Gasteiger partial charge in [0.1, 0.15) is 17.1 Å². The Labute approximate surface area is 169 Å². The fourth-order valence-electron chi connectivity index (χ4n) is 3.08. The maximum absolute atomic E-state index is 13.0. The van der Waals surface area contributed by atoms with Crippen LogP contribution >= 0.6 is 0 Å². The Balaban J connectivity index is 2.06. The van der Waals surface area contributed by atoms with Crippen molar-refractivity contribution < 1.29 is 14.3 Å². The first-order valence-corrected chi connectivity index (χ1v) is 9.47. The highest BCUT2D eigenvalue weighted by atomic mass is 16.5. The summed E-state index contributed by atoms with van der Waals surface area (Å²) < 4.78 is 6.85. The summed E-state index contributed by atoms with van der Waals surface area (Å²) in [4.78, 5) is 27.7. The number of benzene rings is 2. The quantitative estimate of drug-likeness (QED) is 0.666. The van der Waals surface area contributed by atoms with E-state index in [0.29, 0.717) is 35.8 Å². The van der Waals surface area contributed by atoms with Crippen molar-refractivity contribution >= 4 is 17.6 Å². The fourth-order valence-corrected chi connectivity index (χ4v) is 3.08. The number of nitrogens with one attached hydrogen (secondary N) is 1. The van der Waals surface area contributed by atoms with E-state index in [-0.39, 0.29) is 11.8 Å². The van der Waals surface area contributed by atoms with Crippen molar-refractivity contribution in [1.29, 1.82) is 0 Å². The van der Waals surface area contributed by atoms with Gasteiger partial charge in [-0.1, -0.05) is 30.3 Å². The van der Waals surface area contributed by atoms with Crippen LogP contribution < -0.4 is 10.1 Å². The van der Waals surface area contributed by atoms with Gasteiger partial charge >= 0.3 is 0 Å². The van der Waals surface area contributed by atoms with E-state index in [2.05, 4.69) is 10.4 Å². The van der Waals surface area contributed by atoms with Crippen LogP contribution in [0.2, 0.25) is 0 Å². The van der Waals surface area contributed by atoms with Crippen LogP contribution in [-0.2, 0) is 0 Å². The number of nitrogens with zero attached hydrogens (tertiary/aromatic N) is 3. The summed E-state index contributed by atoms with van der Waals surface area (Å²) in [6, 6.07) is 16.3. The van der Waals surface area contributed by atoms with Crippen molar-refractivity contribution in [1.82, 2.24) is 14.7 Å². The first-order chi connectivity index (χ1) is 14.1. The van der Waals surface area contributed by atoms with Crippen molar-refractivity contribution in [3.8, 4) is 11.4 Å². The average Bonchev–Trinajstić information content (AvgIpc) is 3.18. The van der Waals surface area contributed by atoms with E-state index >= 15 is 0 Å². The number of amides is 2. The highest BCUT2D eigenvalue weighted by Gasteiger charge is 2.24. The molecule has 0 aliphatic heterocycles. The van der Waals surface area contributed by atoms with E-state index in [1.165, 1.54) is 13.3 Å². The summed E-state index contributed by atoms with van der Waals surface area (Å²) in [5.74, 6) is 0.206. The van der Waals surface area contributed by atoms with E-state index in [4.69, 9.17) is 4.74 Å². The molecule has 0 bridgehead atoms. The smallest absolute Gasteiger partial charge is 0.260 e. The monoisotopic (exact) mass is 392 g/mol. The summed E-state index contributed by atoms with van der Waals surface area (Å²) in [7, 11) is 1.51. The van der Waals surface area contributed by atoms with Gasteiger partial charge in [0.2, 0.25) is 0 Å². The third-order valence-electron chi connectivity index (χ3n) is 4.63. The maximum Gasteiger partial charge on any atom is 0.260 e. The summed E-state index contributed by atoms with van der Waals surface area (Å²) in [6.45, 7) is 4.95. The molecule has 7 heteroatoms. The molecule has 0 fully saturated rings. The molecule has 0 aliphatic rings. The van der Waals surface area contributed by atoms with Crippen LogP contribution in [0, 0.1) is 0 Å². The molecule has 3 rings (SSSR count). The molecule has 150 valence electrons. The molecular weight excluding hydrogens is 368 g/mol. The molecule has 0 spiro atoms. The minimum Gasteiger partial charge on any atom is -0.496 e. The number of rotatable bonds is 7. The SMILES string of the molecule is CCN(CC)C(=O)c1cnn(-c2ccccc2)c1NC(=O)c1ccccc1OC. The predicted octanol–water partition coefficient (Wildman–Crippen LogP) is 3.62. The molecule has 1 N–H and O–H groups in total. The molecule has 1 heterocycles. The molecular formula is C22H24N4O3. The molecule has 0 atom stereocenters. The first kappa shape index (κ1) is 20.1. The highest BCUT2D eigenvalue weighted by molar-refractivity contribution is 6.09. The Hall–Kier alpha value is -3.61. The lowest BCUT2D eigenvalue weighted by atomic mass is 10.2. The van der Waals surface area contributed by atoms with E-state index in [9.17, 15) is 9.59 Å². The van der Waals surface area contributed by atoms with Gasteiger partial charge in [-0.25, -0.2) is 4.68 Å². The zero-order chi connectivity index (χ0) is 20.8. The molecule has 3 aromatic rings. The number of anilines is 1.